The van der Waals surface area contributed by atoms with Gasteiger partial charge >= 0.3 is 0 Å². The summed E-state index contributed by atoms with van der Waals surface area (Å²) in [5, 5.41) is 13.5. The first-order valence-electron chi connectivity index (χ1n) is 6.79. The SMILES string of the molecule is CCc1nn(C)cc1Cn1c(N)nc2ccc(C#N)cc21. The molecule has 0 fully saturated rings. The summed E-state index contributed by atoms with van der Waals surface area (Å²) in [5.41, 5.74) is 10.5. The van der Waals surface area contributed by atoms with Gasteiger partial charge in [0, 0.05) is 18.8 Å². The molecule has 0 saturated carbocycles. The number of benzene rings is 1. The normalized spacial score (nSPS) is 10.9. The van der Waals surface area contributed by atoms with Crippen molar-refractivity contribution < 1.29 is 0 Å². The van der Waals surface area contributed by atoms with Crippen molar-refractivity contribution in [3.8, 4) is 6.07 Å². The van der Waals surface area contributed by atoms with Crippen LogP contribution >= 0.6 is 0 Å². The van der Waals surface area contributed by atoms with Crippen molar-refractivity contribution >= 4 is 17.0 Å². The Morgan fingerprint density at radius 3 is 2.90 bits per heavy atom. The molecular weight excluding hydrogens is 264 g/mol. The van der Waals surface area contributed by atoms with Crippen molar-refractivity contribution in [3.63, 3.8) is 0 Å². The van der Waals surface area contributed by atoms with Crippen molar-refractivity contribution in [2.24, 2.45) is 7.05 Å². The van der Waals surface area contributed by atoms with E-state index < -0.39 is 0 Å². The van der Waals surface area contributed by atoms with Gasteiger partial charge in [0.05, 0.1) is 34.9 Å². The molecule has 0 aliphatic rings. The van der Waals surface area contributed by atoms with Gasteiger partial charge in [-0.1, -0.05) is 6.92 Å². The van der Waals surface area contributed by atoms with Gasteiger partial charge in [0.15, 0.2) is 0 Å². The van der Waals surface area contributed by atoms with E-state index in [1.54, 1.807) is 6.07 Å². The zero-order valence-corrected chi connectivity index (χ0v) is 12.0. The molecule has 1 aromatic carbocycles. The Kier molecular flexibility index (Phi) is 3.10. The predicted molar refractivity (Wildman–Crippen MR) is 80.5 cm³/mol. The molecule has 3 aromatic rings. The first-order chi connectivity index (χ1) is 10.1. The number of nitrogens with zero attached hydrogens (tertiary/aromatic N) is 5. The van der Waals surface area contributed by atoms with Crippen LogP contribution in [0.5, 0.6) is 0 Å². The summed E-state index contributed by atoms with van der Waals surface area (Å²) in [6.45, 7) is 2.68. The fraction of sp³-hybridized carbons (Fsp3) is 0.267. The molecular formula is C15H16N6. The van der Waals surface area contributed by atoms with Gasteiger partial charge < -0.3 is 10.3 Å². The Morgan fingerprint density at radius 1 is 1.38 bits per heavy atom. The van der Waals surface area contributed by atoms with E-state index in [0.717, 1.165) is 28.7 Å². The lowest BCUT2D eigenvalue weighted by Crippen LogP contribution is -2.05. The number of hydrogen-bond acceptors (Lipinski definition) is 4. The standard InChI is InChI=1S/C15H16N6/c1-3-12-11(8-20(2)19-12)9-21-14-6-10(7-16)4-5-13(14)18-15(21)17/h4-6,8H,3,9H2,1-2H3,(H2,17,18). The molecule has 0 unspecified atom stereocenters. The van der Waals surface area contributed by atoms with E-state index in [1.807, 2.05) is 34.6 Å². The number of nitrogen functional groups attached to an aromatic ring is 1. The van der Waals surface area contributed by atoms with Gasteiger partial charge in [0.2, 0.25) is 5.95 Å². The third-order valence-corrected chi connectivity index (χ3v) is 3.56. The predicted octanol–water partition coefficient (Wildman–Crippen LogP) is 1.83. The number of rotatable bonds is 3. The molecule has 2 aromatic heterocycles. The lowest BCUT2D eigenvalue weighted by molar-refractivity contribution is 0.746. The van der Waals surface area contributed by atoms with E-state index in [-0.39, 0.29) is 0 Å². The molecule has 0 saturated heterocycles. The molecule has 0 aliphatic heterocycles. The van der Waals surface area contributed by atoms with E-state index in [9.17, 15) is 0 Å². The molecule has 0 amide bonds. The van der Waals surface area contributed by atoms with Crippen LogP contribution in [0.1, 0.15) is 23.7 Å². The van der Waals surface area contributed by atoms with E-state index in [0.29, 0.717) is 18.1 Å². The average Bonchev–Trinajstić information content (AvgIpc) is 2.99. The maximum Gasteiger partial charge on any atom is 0.201 e. The summed E-state index contributed by atoms with van der Waals surface area (Å²) < 4.78 is 3.73. The molecule has 21 heavy (non-hydrogen) atoms. The summed E-state index contributed by atoms with van der Waals surface area (Å²) in [6.07, 6.45) is 2.87. The van der Waals surface area contributed by atoms with Gasteiger partial charge in [-0.15, -0.1) is 0 Å². The number of nitriles is 1. The third-order valence-electron chi connectivity index (χ3n) is 3.56. The fourth-order valence-electron chi connectivity index (χ4n) is 2.56. The minimum absolute atomic E-state index is 0.450. The summed E-state index contributed by atoms with van der Waals surface area (Å²) >= 11 is 0. The van der Waals surface area contributed by atoms with Crippen molar-refractivity contribution in [2.75, 3.05) is 5.73 Å². The Labute approximate surface area is 122 Å². The van der Waals surface area contributed by atoms with Crippen molar-refractivity contribution in [1.29, 1.82) is 5.26 Å². The molecule has 0 spiro atoms. The summed E-state index contributed by atoms with van der Waals surface area (Å²) in [6, 6.07) is 7.54. The number of imidazole rings is 1. The van der Waals surface area contributed by atoms with Gasteiger partial charge in [-0.3, -0.25) is 4.68 Å². The van der Waals surface area contributed by atoms with E-state index in [4.69, 9.17) is 11.0 Å². The minimum atomic E-state index is 0.450. The van der Waals surface area contributed by atoms with Gasteiger partial charge in [0.1, 0.15) is 0 Å². The summed E-state index contributed by atoms with van der Waals surface area (Å²) in [5.74, 6) is 0.450. The lowest BCUT2D eigenvalue weighted by atomic mass is 10.2. The highest BCUT2D eigenvalue weighted by atomic mass is 15.3. The zero-order valence-electron chi connectivity index (χ0n) is 12.0. The molecule has 2 N–H and O–H groups in total. The molecule has 0 atom stereocenters. The molecule has 0 aliphatic carbocycles. The quantitative estimate of drug-likeness (QED) is 0.793. The van der Waals surface area contributed by atoms with Crippen LogP contribution in [0, 0.1) is 11.3 Å². The molecule has 2 heterocycles. The maximum absolute atomic E-state index is 9.05. The van der Waals surface area contributed by atoms with E-state index in [2.05, 4.69) is 23.1 Å². The first kappa shape index (κ1) is 13.2. The van der Waals surface area contributed by atoms with Crippen LogP contribution in [0.15, 0.2) is 24.4 Å². The number of anilines is 1. The van der Waals surface area contributed by atoms with Gasteiger partial charge in [0.25, 0.3) is 0 Å². The Balaban J connectivity index is 2.11. The second kappa shape index (κ2) is 4.94. The number of nitrogens with two attached hydrogens (primary N) is 1. The van der Waals surface area contributed by atoms with Crippen LogP contribution in [0.2, 0.25) is 0 Å². The van der Waals surface area contributed by atoms with Crippen LogP contribution in [0.3, 0.4) is 0 Å². The maximum atomic E-state index is 9.05. The van der Waals surface area contributed by atoms with Gasteiger partial charge in [-0.2, -0.15) is 10.4 Å². The highest BCUT2D eigenvalue weighted by Crippen LogP contribution is 2.21. The molecule has 6 heteroatoms. The highest BCUT2D eigenvalue weighted by Gasteiger charge is 2.13. The van der Waals surface area contributed by atoms with Crippen molar-refractivity contribution in [2.45, 2.75) is 19.9 Å². The fourth-order valence-corrected chi connectivity index (χ4v) is 2.56. The molecule has 0 radical (unpaired) electrons. The van der Waals surface area contributed by atoms with Gasteiger partial charge in [-0.25, -0.2) is 4.98 Å². The molecule has 3 rings (SSSR count). The second-order valence-corrected chi connectivity index (χ2v) is 5.00. The highest BCUT2D eigenvalue weighted by molar-refractivity contribution is 5.80. The Morgan fingerprint density at radius 2 is 2.19 bits per heavy atom. The Bertz CT molecular complexity index is 849. The van der Waals surface area contributed by atoms with E-state index in [1.165, 1.54) is 0 Å². The Hall–Kier alpha value is -2.81. The monoisotopic (exact) mass is 280 g/mol. The van der Waals surface area contributed by atoms with Gasteiger partial charge in [-0.05, 0) is 24.6 Å². The molecule has 0 bridgehead atoms. The molecule has 106 valence electrons. The third kappa shape index (κ3) is 2.23. The topological polar surface area (TPSA) is 85.4 Å². The lowest BCUT2D eigenvalue weighted by Gasteiger charge is -2.06. The van der Waals surface area contributed by atoms with Crippen LogP contribution in [0.4, 0.5) is 5.95 Å². The molecule has 6 nitrogen and oxygen atoms in total. The summed E-state index contributed by atoms with van der Waals surface area (Å²) in [7, 11) is 1.91. The van der Waals surface area contributed by atoms with E-state index >= 15 is 0 Å². The number of aryl methyl sites for hydroxylation is 2. The van der Waals surface area contributed by atoms with Crippen LogP contribution in [0.25, 0.3) is 11.0 Å². The number of aromatic nitrogens is 4. The largest absolute Gasteiger partial charge is 0.369 e. The number of fused-ring (bicyclic) bond motifs is 1. The summed E-state index contributed by atoms with van der Waals surface area (Å²) in [4.78, 5) is 4.35. The van der Waals surface area contributed by atoms with Crippen LogP contribution in [-0.4, -0.2) is 19.3 Å². The van der Waals surface area contributed by atoms with Crippen LogP contribution in [-0.2, 0) is 20.0 Å². The average molecular weight is 280 g/mol. The van der Waals surface area contributed by atoms with Crippen LogP contribution < -0.4 is 5.73 Å². The first-order valence-corrected chi connectivity index (χ1v) is 6.79. The van der Waals surface area contributed by atoms with Crippen molar-refractivity contribution in [1.82, 2.24) is 19.3 Å². The number of hydrogen-bond donors (Lipinski definition) is 1. The zero-order chi connectivity index (χ0) is 15.0. The van der Waals surface area contributed by atoms with Crippen molar-refractivity contribution in [3.05, 3.63) is 41.2 Å². The minimum Gasteiger partial charge on any atom is -0.369 e. The smallest absolute Gasteiger partial charge is 0.201 e. The second-order valence-electron chi connectivity index (χ2n) is 5.00.